The summed E-state index contributed by atoms with van der Waals surface area (Å²) in [6.45, 7) is 4.19. The Morgan fingerprint density at radius 1 is 0.561 bits per heavy atom. The Morgan fingerprint density at radius 3 is 1.85 bits per heavy atom. The summed E-state index contributed by atoms with van der Waals surface area (Å²) in [7, 11) is 0. The zero-order valence-corrected chi connectivity index (χ0v) is 22.9. The maximum Gasteiger partial charge on any atom is 0.164 e. The van der Waals surface area contributed by atoms with Crippen LogP contribution in [0.25, 0.3) is 73.3 Å². The number of benzene rings is 5. The SMILES string of the molecule is C/C=C\c1ccc(-c2ccc3oc4cccc(-c5nc(-c6ccccc6)nc(-c6ccccc6)n5)c4c3c2)cc1C. The maximum absolute atomic E-state index is 6.33. The van der Waals surface area contributed by atoms with Gasteiger partial charge in [0, 0.05) is 27.5 Å². The van der Waals surface area contributed by atoms with Crippen LogP contribution in [-0.2, 0) is 0 Å². The quantitative estimate of drug-likeness (QED) is 0.223. The van der Waals surface area contributed by atoms with E-state index in [0.29, 0.717) is 17.5 Å². The summed E-state index contributed by atoms with van der Waals surface area (Å²) < 4.78 is 6.33. The van der Waals surface area contributed by atoms with E-state index >= 15 is 0 Å². The molecular formula is C37H27N3O. The van der Waals surface area contributed by atoms with E-state index in [4.69, 9.17) is 19.4 Å². The van der Waals surface area contributed by atoms with Gasteiger partial charge < -0.3 is 4.42 Å². The third-order valence-corrected chi connectivity index (χ3v) is 7.38. The van der Waals surface area contributed by atoms with Crippen LogP contribution in [-0.4, -0.2) is 15.0 Å². The molecule has 0 aliphatic heterocycles. The van der Waals surface area contributed by atoms with E-state index in [9.17, 15) is 0 Å². The normalized spacial score (nSPS) is 11.6. The molecule has 0 fully saturated rings. The minimum Gasteiger partial charge on any atom is -0.456 e. The van der Waals surface area contributed by atoms with Gasteiger partial charge in [0.25, 0.3) is 0 Å². The summed E-state index contributed by atoms with van der Waals surface area (Å²) in [4.78, 5) is 14.8. The van der Waals surface area contributed by atoms with Gasteiger partial charge >= 0.3 is 0 Å². The second-order valence-corrected chi connectivity index (χ2v) is 10.1. The molecule has 7 rings (SSSR count). The fourth-order valence-electron chi connectivity index (χ4n) is 5.34. The number of fused-ring (bicyclic) bond motifs is 3. The predicted molar refractivity (Wildman–Crippen MR) is 168 cm³/mol. The van der Waals surface area contributed by atoms with Gasteiger partial charge in [-0.15, -0.1) is 0 Å². The van der Waals surface area contributed by atoms with Crippen LogP contribution in [0.3, 0.4) is 0 Å². The van der Waals surface area contributed by atoms with Crippen molar-refractivity contribution in [3.63, 3.8) is 0 Å². The number of aryl methyl sites for hydroxylation is 1. The van der Waals surface area contributed by atoms with Crippen LogP contribution in [0.5, 0.6) is 0 Å². The largest absolute Gasteiger partial charge is 0.456 e. The van der Waals surface area contributed by atoms with Crippen molar-refractivity contribution >= 4 is 28.0 Å². The van der Waals surface area contributed by atoms with E-state index < -0.39 is 0 Å². The molecule has 5 aromatic carbocycles. The Balaban J connectivity index is 1.44. The van der Waals surface area contributed by atoms with E-state index in [1.165, 1.54) is 16.7 Å². The molecule has 7 aromatic rings. The Labute approximate surface area is 238 Å². The van der Waals surface area contributed by atoms with Crippen LogP contribution in [0, 0.1) is 6.92 Å². The third kappa shape index (κ3) is 4.60. The zero-order valence-electron chi connectivity index (χ0n) is 22.9. The standard InChI is InChI=1S/C37H27N3O/c1-3-11-25-18-19-28(22-24(25)2)29-20-21-32-31(23-29)34-30(16-10-17-33(34)41-32)37-39-35(26-12-6-4-7-13-26)38-36(40-37)27-14-8-5-9-15-27/h3-23H,1-2H3/b11-3-. The molecule has 41 heavy (non-hydrogen) atoms. The van der Waals surface area contributed by atoms with E-state index in [1.807, 2.05) is 79.7 Å². The Kier molecular flexibility index (Phi) is 6.21. The second kappa shape index (κ2) is 10.3. The monoisotopic (exact) mass is 529 g/mol. The van der Waals surface area contributed by atoms with Gasteiger partial charge in [-0.3, -0.25) is 0 Å². The molecular weight excluding hydrogens is 502 g/mol. The van der Waals surface area contributed by atoms with Crippen molar-refractivity contribution in [1.29, 1.82) is 0 Å². The molecule has 0 amide bonds. The number of nitrogens with zero attached hydrogens (tertiary/aromatic N) is 3. The van der Waals surface area contributed by atoms with Crippen molar-refractivity contribution < 1.29 is 4.42 Å². The molecule has 0 atom stereocenters. The molecule has 0 N–H and O–H groups in total. The molecule has 0 saturated heterocycles. The highest BCUT2D eigenvalue weighted by Gasteiger charge is 2.18. The topological polar surface area (TPSA) is 51.8 Å². The van der Waals surface area contributed by atoms with E-state index in [1.54, 1.807) is 0 Å². The molecule has 0 bridgehead atoms. The van der Waals surface area contributed by atoms with Gasteiger partial charge in [-0.05, 0) is 54.3 Å². The minimum atomic E-state index is 0.614. The summed E-state index contributed by atoms with van der Waals surface area (Å²) in [5, 5.41) is 2.03. The van der Waals surface area contributed by atoms with Gasteiger partial charge in [0.05, 0.1) is 0 Å². The fourth-order valence-corrected chi connectivity index (χ4v) is 5.34. The van der Waals surface area contributed by atoms with Crippen molar-refractivity contribution in [3.8, 4) is 45.3 Å². The smallest absolute Gasteiger partial charge is 0.164 e. The number of allylic oxidation sites excluding steroid dienone is 1. The number of aromatic nitrogens is 3. The van der Waals surface area contributed by atoms with E-state index in [0.717, 1.165) is 44.2 Å². The first-order valence-electron chi connectivity index (χ1n) is 13.7. The highest BCUT2D eigenvalue weighted by atomic mass is 16.3. The zero-order chi connectivity index (χ0) is 27.8. The van der Waals surface area contributed by atoms with Crippen LogP contribution < -0.4 is 0 Å². The second-order valence-electron chi connectivity index (χ2n) is 10.1. The molecule has 0 radical (unpaired) electrons. The molecule has 4 heteroatoms. The molecule has 196 valence electrons. The third-order valence-electron chi connectivity index (χ3n) is 7.38. The van der Waals surface area contributed by atoms with Crippen molar-refractivity contribution in [2.24, 2.45) is 0 Å². The molecule has 0 aliphatic carbocycles. The first kappa shape index (κ1) is 24.7. The van der Waals surface area contributed by atoms with Crippen LogP contribution in [0.1, 0.15) is 18.1 Å². The fraction of sp³-hybridized carbons (Fsp3) is 0.0541. The molecule has 4 nitrogen and oxygen atoms in total. The summed E-state index contributed by atoms with van der Waals surface area (Å²) in [6.07, 6.45) is 4.21. The van der Waals surface area contributed by atoms with E-state index in [2.05, 4.69) is 61.5 Å². The van der Waals surface area contributed by atoms with Crippen molar-refractivity contribution in [2.45, 2.75) is 13.8 Å². The summed E-state index contributed by atoms with van der Waals surface area (Å²) in [6, 6.07) is 39.2. The van der Waals surface area contributed by atoms with Crippen LogP contribution in [0.15, 0.2) is 126 Å². The summed E-state index contributed by atoms with van der Waals surface area (Å²) in [5.41, 5.74) is 9.20. The first-order chi connectivity index (χ1) is 20.2. The highest BCUT2D eigenvalue weighted by Crippen LogP contribution is 2.38. The average Bonchev–Trinajstić information content (AvgIpc) is 3.41. The van der Waals surface area contributed by atoms with Crippen molar-refractivity contribution in [1.82, 2.24) is 15.0 Å². The number of rotatable bonds is 5. The lowest BCUT2D eigenvalue weighted by Gasteiger charge is -2.09. The van der Waals surface area contributed by atoms with Crippen LogP contribution in [0.2, 0.25) is 0 Å². The summed E-state index contributed by atoms with van der Waals surface area (Å²) in [5.74, 6) is 1.89. The number of furan rings is 1. The van der Waals surface area contributed by atoms with E-state index in [-0.39, 0.29) is 0 Å². The minimum absolute atomic E-state index is 0.614. The van der Waals surface area contributed by atoms with Gasteiger partial charge in [0.2, 0.25) is 0 Å². The van der Waals surface area contributed by atoms with Crippen LogP contribution in [0.4, 0.5) is 0 Å². The lowest BCUT2D eigenvalue weighted by Crippen LogP contribution is -2.00. The molecule has 0 spiro atoms. The van der Waals surface area contributed by atoms with Gasteiger partial charge in [0.15, 0.2) is 17.5 Å². The van der Waals surface area contributed by atoms with Gasteiger partial charge in [-0.2, -0.15) is 0 Å². The van der Waals surface area contributed by atoms with Gasteiger partial charge in [-0.1, -0.05) is 109 Å². The molecule has 0 unspecified atom stereocenters. The molecule has 0 aliphatic rings. The molecule has 0 saturated carbocycles. The average molecular weight is 530 g/mol. The van der Waals surface area contributed by atoms with Gasteiger partial charge in [0.1, 0.15) is 11.2 Å². The predicted octanol–water partition coefficient (Wildman–Crippen LogP) is 9.78. The lowest BCUT2D eigenvalue weighted by molar-refractivity contribution is 0.669. The number of hydrogen-bond acceptors (Lipinski definition) is 4. The highest BCUT2D eigenvalue weighted by molar-refractivity contribution is 6.12. The summed E-state index contributed by atoms with van der Waals surface area (Å²) >= 11 is 0. The Morgan fingerprint density at radius 2 is 1.20 bits per heavy atom. The molecule has 2 aromatic heterocycles. The van der Waals surface area contributed by atoms with Crippen LogP contribution >= 0.6 is 0 Å². The first-order valence-corrected chi connectivity index (χ1v) is 13.7. The Bertz CT molecular complexity index is 2000. The Hall–Kier alpha value is -5.35. The number of hydrogen-bond donors (Lipinski definition) is 0. The molecule has 2 heterocycles. The lowest BCUT2D eigenvalue weighted by atomic mass is 9.97. The van der Waals surface area contributed by atoms with Crippen molar-refractivity contribution in [2.75, 3.05) is 0 Å². The maximum atomic E-state index is 6.33. The van der Waals surface area contributed by atoms with Crippen molar-refractivity contribution in [3.05, 3.63) is 132 Å². The van der Waals surface area contributed by atoms with Gasteiger partial charge in [-0.25, -0.2) is 15.0 Å².